The molecule has 7 nitrogen and oxygen atoms in total. The fourth-order valence-electron chi connectivity index (χ4n) is 2.27. The number of nitrogens with one attached hydrogen (secondary N) is 2. The number of ether oxygens (including phenoxy) is 1. The zero-order chi connectivity index (χ0) is 12.5. The molecule has 1 fully saturated rings. The number of rotatable bonds is 3. The summed E-state index contributed by atoms with van der Waals surface area (Å²) in [5, 5.41) is 14.9. The Labute approximate surface area is 105 Å². The van der Waals surface area contributed by atoms with E-state index in [-0.39, 0.29) is 12.1 Å². The Morgan fingerprint density at radius 1 is 1.44 bits per heavy atom. The minimum absolute atomic E-state index is 0.149. The molecule has 1 unspecified atom stereocenters. The van der Waals surface area contributed by atoms with E-state index in [0.717, 1.165) is 30.4 Å². The fourth-order valence-corrected chi connectivity index (χ4v) is 2.27. The lowest BCUT2D eigenvalue weighted by molar-refractivity contribution is 0.111. The van der Waals surface area contributed by atoms with Gasteiger partial charge in [-0.1, -0.05) is 0 Å². The summed E-state index contributed by atoms with van der Waals surface area (Å²) >= 11 is 0. The van der Waals surface area contributed by atoms with Crippen LogP contribution in [0.5, 0.6) is 0 Å². The predicted octanol–water partition coefficient (Wildman–Crippen LogP) is -0.169. The van der Waals surface area contributed by atoms with E-state index in [1.165, 1.54) is 0 Å². The minimum Gasteiger partial charge on any atom is -0.378 e. The smallest absolute Gasteiger partial charge is 0.203 e. The van der Waals surface area contributed by atoms with E-state index in [1.54, 1.807) is 13.3 Å². The maximum atomic E-state index is 5.42. The van der Waals surface area contributed by atoms with Crippen LogP contribution in [0.25, 0.3) is 5.65 Å². The predicted molar refractivity (Wildman–Crippen MR) is 66.6 cm³/mol. The van der Waals surface area contributed by atoms with Gasteiger partial charge in [-0.05, 0) is 6.92 Å². The molecule has 0 amide bonds. The number of nitrogens with zero attached hydrogens (tertiary/aromatic N) is 4. The summed E-state index contributed by atoms with van der Waals surface area (Å²) in [6.07, 6.45) is 3.75. The molecule has 2 atom stereocenters. The van der Waals surface area contributed by atoms with Gasteiger partial charge in [0.25, 0.3) is 0 Å². The number of aryl methyl sites for hydroxylation is 1. The van der Waals surface area contributed by atoms with Gasteiger partial charge in [-0.2, -0.15) is 0 Å². The van der Waals surface area contributed by atoms with Crippen LogP contribution >= 0.6 is 0 Å². The monoisotopic (exact) mass is 248 g/mol. The molecule has 1 aliphatic rings. The highest BCUT2D eigenvalue weighted by Crippen LogP contribution is 2.16. The lowest BCUT2D eigenvalue weighted by Crippen LogP contribution is -2.34. The number of hydrogen-bond acceptors (Lipinski definition) is 6. The van der Waals surface area contributed by atoms with Crippen molar-refractivity contribution in [3.63, 3.8) is 0 Å². The number of aromatic nitrogens is 4. The Balaban J connectivity index is 1.90. The first kappa shape index (κ1) is 11.4. The molecular weight excluding hydrogens is 232 g/mol. The highest BCUT2D eigenvalue weighted by molar-refractivity contribution is 5.62. The van der Waals surface area contributed by atoms with E-state index in [9.17, 15) is 0 Å². The highest BCUT2D eigenvalue weighted by Gasteiger charge is 2.27. The summed E-state index contributed by atoms with van der Waals surface area (Å²) in [6, 6.07) is 0.200. The van der Waals surface area contributed by atoms with Crippen molar-refractivity contribution in [3.05, 3.63) is 18.2 Å². The van der Waals surface area contributed by atoms with Gasteiger partial charge in [-0.25, -0.2) is 4.98 Å². The van der Waals surface area contributed by atoms with Gasteiger partial charge in [-0.3, -0.25) is 4.40 Å². The standard InChI is InChI=1S/C11H16N6O/c1-7-15-16-11-10(13-3-4-17(7)11)14-8-5-12-6-9(8)18-2/h3-4,8-9,12H,5-6H2,1-2H3,(H,13,14)/t8?,9-/m0/s1. The SMILES string of the molecule is CO[C@H]1CNCC1Nc1nccn2c(C)nnc12. The minimum atomic E-state index is 0.149. The summed E-state index contributed by atoms with van der Waals surface area (Å²) in [5.41, 5.74) is 0.747. The van der Waals surface area contributed by atoms with Gasteiger partial charge in [-0.15, -0.1) is 10.2 Å². The molecule has 0 radical (unpaired) electrons. The molecule has 0 bridgehead atoms. The summed E-state index contributed by atoms with van der Waals surface area (Å²) in [7, 11) is 1.72. The first-order valence-electron chi connectivity index (χ1n) is 5.96. The van der Waals surface area contributed by atoms with Gasteiger partial charge in [0.2, 0.25) is 5.65 Å². The normalized spacial score (nSPS) is 23.7. The summed E-state index contributed by atoms with van der Waals surface area (Å²) < 4.78 is 7.33. The van der Waals surface area contributed by atoms with Crippen molar-refractivity contribution in [2.45, 2.75) is 19.1 Å². The molecule has 96 valence electrons. The number of fused-ring (bicyclic) bond motifs is 1. The molecule has 2 N–H and O–H groups in total. The first-order valence-corrected chi connectivity index (χ1v) is 5.96. The molecule has 2 aromatic heterocycles. The Morgan fingerprint density at radius 2 is 2.33 bits per heavy atom. The van der Waals surface area contributed by atoms with E-state index in [1.807, 2.05) is 17.5 Å². The van der Waals surface area contributed by atoms with Crippen molar-refractivity contribution in [2.24, 2.45) is 0 Å². The third-order valence-electron chi connectivity index (χ3n) is 3.28. The average molecular weight is 248 g/mol. The maximum absolute atomic E-state index is 5.42. The molecular formula is C11H16N6O. The quantitative estimate of drug-likeness (QED) is 0.785. The number of methoxy groups -OCH3 is 1. The third kappa shape index (κ3) is 1.81. The largest absolute Gasteiger partial charge is 0.378 e. The molecule has 3 heterocycles. The van der Waals surface area contributed by atoms with E-state index < -0.39 is 0 Å². The molecule has 0 aromatic carbocycles. The molecule has 0 aliphatic carbocycles. The highest BCUT2D eigenvalue weighted by atomic mass is 16.5. The van der Waals surface area contributed by atoms with Gasteiger partial charge in [0.15, 0.2) is 5.82 Å². The Hall–Kier alpha value is -1.73. The van der Waals surface area contributed by atoms with Crippen molar-refractivity contribution in [1.82, 2.24) is 24.9 Å². The van der Waals surface area contributed by atoms with Gasteiger partial charge in [0.05, 0.1) is 12.1 Å². The van der Waals surface area contributed by atoms with Crippen LogP contribution in [0, 0.1) is 6.92 Å². The van der Waals surface area contributed by atoms with Crippen LogP contribution in [0.2, 0.25) is 0 Å². The Bertz CT molecular complexity index is 553. The Morgan fingerprint density at radius 3 is 3.17 bits per heavy atom. The third-order valence-corrected chi connectivity index (χ3v) is 3.28. The van der Waals surface area contributed by atoms with Gasteiger partial charge >= 0.3 is 0 Å². The second kappa shape index (κ2) is 4.51. The van der Waals surface area contributed by atoms with Crippen LogP contribution in [0.1, 0.15) is 5.82 Å². The van der Waals surface area contributed by atoms with Crippen LogP contribution < -0.4 is 10.6 Å². The summed E-state index contributed by atoms with van der Waals surface area (Å²) in [4.78, 5) is 4.33. The van der Waals surface area contributed by atoms with E-state index in [4.69, 9.17) is 4.74 Å². The first-order chi connectivity index (χ1) is 8.79. The van der Waals surface area contributed by atoms with Crippen molar-refractivity contribution < 1.29 is 4.74 Å². The second-order valence-electron chi connectivity index (χ2n) is 4.40. The van der Waals surface area contributed by atoms with E-state index in [0.29, 0.717) is 0 Å². The molecule has 18 heavy (non-hydrogen) atoms. The second-order valence-corrected chi connectivity index (χ2v) is 4.40. The summed E-state index contributed by atoms with van der Waals surface area (Å²) in [6.45, 7) is 3.62. The van der Waals surface area contributed by atoms with Gasteiger partial charge in [0.1, 0.15) is 5.82 Å². The van der Waals surface area contributed by atoms with Crippen molar-refractivity contribution in [2.75, 3.05) is 25.5 Å². The number of hydrogen-bond donors (Lipinski definition) is 2. The lowest BCUT2D eigenvalue weighted by Gasteiger charge is -2.19. The van der Waals surface area contributed by atoms with E-state index in [2.05, 4.69) is 25.8 Å². The number of anilines is 1. The molecule has 0 spiro atoms. The molecule has 0 saturated carbocycles. The molecule has 1 aliphatic heterocycles. The van der Waals surface area contributed by atoms with Crippen molar-refractivity contribution in [3.8, 4) is 0 Å². The van der Waals surface area contributed by atoms with Crippen molar-refractivity contribution in [1.29, 1.82) is 0 Å². The van der Waals surface area contributed by atoms with Gasteiger partial charge in [0, 0.05) is 32.6 Å². The lowest BCUT2D eigenvalue weighted by atomic mass is 10.2. The molecule has 3 rings (SSSR count). The maximum Gasteiger partial charge on any atom is 0.203 e. The van der Waals surface area contributed by atoms with Crippen LogP contribution in [0.3, 0.4) is 0 Å². The molecule has 7 heteroatoms. The van der Waals surface area contributed by atoms with Crippen LogP contribution in [-0.2, 0) is 4.74 Å². The van der Waals surface area contributed by atoms with Crippen LogP contribution in [0.4, 0.5) is 5.82 Å². The van der Waals surface area contributed by atoms with E-state index >= 15 is 0 Å². The molecule has 2 aromatic rings. The average Bonchev–Trinajstić information content (AvgIpc) is 2.98. The van der Waals surface area contributed by atoms with Crippen LogP contribution in [0.15, 0.2) is 12.4 Å². The summed E-state index contributed by atoms with van der Waals surface area (Å²) in [5.74, 6) is 1.59. The van der Waals surface area contributed by atoms with Crippen molar-refractivity contribution >= 4 is 11.5 Å². The zero-order valence-electron chi connectivity index (χ0n) is 10.4. The van der Waals surface area contributed by atoms with Crippen LogP contribution in [-0.4, -0.2) is 51.9 Å². The topological polar surface area (TPSA) is 76.4 Å². The Kier molecular flexibility index (Phi) is 2.85. The molecule has 1 saturated heterocycles. The zero-order valence-corrected chi connectivity index (χ0v) is 10.4. The van der Waals surface area contributed by atoms with Gasteiger partial charge < -0.3 is 15.4 Å². The fraction of sp³-hybridized carbons (Fsp3) is 0.545.